The van der Waals surface area contributed by atoms with Crippen molar-refractivity contribution in [2.75, 3.05) is 0 Å². The molecule has 0 spiro atoms. The van der Waals surface area contributed by atoms with Gasteiger partial charge >= 0.3 is 0 Å². The van der Waals surface area contributed by atoms with Gasteiger partial charge in [-0.3, -0.25) is 0 Å². The molecule has 2 bridgehead atoms. The van der Waals surface area contributed by atoms with E-state index in [1.807, 2.05) is 0 Å². The molecule has 2 saturated heterocycles. The molecule has 110 valence electrons. The van der Waals surface area contributed by atoms with Crippen molar-refractivity contribution in [1.29, 1.82) is 0 Å². The maximum Gasteiger partial charge on any atom is 0.161 e. The largest absolute Gasteiger partial charge is 0.327 e. The van der Waals surface area contributed by atoms with Crippen LogP contribution in [0.3, 0.4) is 0 Å². The molecule has 20 heavy (non-hydrogen) atoms. The van der Waals surface area contributed by atoms with E-state index < -0.39 is 17.5 Å². The van der Waals surface area contributed by atoms with E-state index in [1.165, 1.54) is 12.8 Å². The standard InChI is InChI=1S/C15H19F3N2/c16-12-7-14(18)13(17)5-8(12)6-15(19)9-3-10-1-2-11(4-9)20-10/h5,7,9-11,15,20H,1-4,6,19H2/t9?,10?,11?,15-/m1/s1. The third-order valence-electron chi connectivity index (χ3n) is 4.66. The molecule has 0 saturated carbocycles. The zero-order valence-electron chi connectivity index (χ0n) is 11.2. The van der Waals surface area contributed by atoms with Gasteiger partial charge in [-0.1, -0.05) is 0 Å². The second-order valence-corrected chi connectivity index (χ2v) is 6.10. The molecule has 0 aromatic heterocycles. The molecule has 0 amide bonds. The average molecular weight is 284 g/mol. The number of rotatable bonds is 3. The highest BCUT2D eigenvalue weighted by Gasteiger charge is 2.36. The highest BCUT2D eigenvalue weighted by atomic mass is 19.2. The highest BCUT2D eigenvalue weighted by molar-refractivity contribution is 5.21. The third kappa shape index (κ3) is 2.69. The Kier molecular flexibility index (Phi) is 3.73. The van der Waals surface area contributed by atoms with Crippen LogP contribution in [-0.4, -0.2) is 18.1 Å². The first-order valence-corrected chi connectivity index (χ1v) is 7.18. The van der Waals surface area contributed by atoms with Gasteiger partial charge in [0, 0.05) is 24.2 Å². The predicted molar refractivity (Wildman–Crippen MR) is 70.7 cm³/mol. The summed E-state index contributed by atoms with van der Waals surface area (Å²) < 4.78 is 39.8. The third-order valence-corrected chi connectivity index (χ3v) is 4.66. The molecule has 0 radical (unpaired) electrons. The number of hydrogen-bond donors (Lipinski definition) is 2. The lowest BCUT2D eigenvalue weighted by Crippen LogP contribution is -2.45. The summed E-state index contributed by atoms with van der Waals surface area (Å²) in [6.45, 7) is 0. The van der Waals surface area contributed by atoms with Gasteiger partial charge in [0.05, 0.1) is 0 Å². The van der Waals surface area contributed by atoms with E-state index in [2.05, 4.69) is 5.32 Å². The summed E-state index contributed by atoms with van der Waals surface area (Å²) in [5.74, 6) is -2.56. The molecule has 2 nitrogen and oxygen atoms in total. The van der Waals surface area contributed by atoms with Gasteiger partial charge in [0.25, 0.3) is 0 Å². The van der Waals surface area contributed by atoms with Gasteiger partial charge in [0.15, 0.2) is 11.6 Å². The van der Waals surface area contributed by atoms with Gasteiger partial charge in [0.1, 0.15) is 5.82 Å². The van der Waals surface area contributed by atoms with Crippen LogP contribution in [0.4, 0.5) is 13.2 Å². The van der Waals surface area contributed by atoms with Crippen molar-refractivity contribution in [2.45, 2.75) is 50.2 Å². The molecule has 2 unspecified atom stereocenters. The Hall–Kier alpha value is -1.07. The predicted octanol–water partition coefficient (Wildman–Crippen LogP) is 2.50. The first-order valence-electron chi connectivity index (χ1n) is 7.18. The summed E-state index contributed by atoms with van der Waals surface area (Å²) in [6.07, 6.45) is 4.58. The molecular weight excluding hydrogens is 265 g/mol. The molecule has 3 atom stereocenters. The van der Waals surface area contributed by atoms with E-state index in [1.54, 1.807) is 0 Å². The maximum atomic E-state index is 13.6. The Labute approximate surface area is 116 Å². The number of hydrogen-bond acceptors (Lipinski definition) is 2. The summed E-state index contributed by atoms with van der Waals surface area (Å²) in [5, 5.41) is 3.53. The fourth-order valence-electron chi connectivity index (χ4n) is 3.59. The number of nitrogens with two attached hydrogens (primary N) is 1. The van der Waals surface area contributed by atoms with E-state index >= 15 is 0 Å². The second kappa shape index (κ2) is 5.37. The van der Waals surface area contributed by atoms with Crippen LogP contribution in [0.15, 0.2) is 12.1 Å². The van der Waals surface area contributed by atoms with Crippen molar-refractivity contribution in [3.05, 3.63) is 35.1 Å². The van der Waals surface area contributed by atoms with E-state index in [-0.39, 0.29) is 18.0 Å². The number of nitrogens with one attached hydrogen (secondary N) is 1. The van der Waals surface area contributed by atoms with Crippen molar-refractivity contribution < 1.29 is 13.2 Å². The normalized spacial score (nSPS) is 30.5. The van der Waals surface area contributed by atoms with Gasteiger partial charge in [0.2, 0.25) is 0 Å². The van der Waals surface area contributed by atoms with Crippen LogP contribution in [0, 0.1) is 23.4 Å². The summed E-state index contributed by atoms with van der Waals surface area (Å²) in [5.41, 5.74) is 6.35. The molecule has 3 N–H and O–H groups in total. The SMILES string of the molecule is N[C@H](Cc1cc(F)c(F)cc1F)C1CC2CCC(C1)N2. The minimum Gasteiger partial charge on any atom is -0.327 e. The highest BCUT2D eigenvalue weighted by Crippen LogP contribution is 2.33. The van der Waals surface area contributed by atoms with Gasteiger partial charge in [-0.05, 0) is 49.7 Å². The van der Waals surface area contributed by atoms with Gasteiger partial charge in [-0.25, -0.2) is 13.2 Å². The van der Waals surface area contributed by atoms with Gasteiger partial charge in [-0.2, -0.15) is 0 Å². The van der Waals surface area contributed by atoms with E-state index in [0.717, 1.165) is 18.9 Å². The average Bonchev–Trinajstić information content (AvgIpc) is 2.74. The summed E-state index contributed by atoms with van der Waals surface area (Å²) in [4.78, 5) is 0. The molecule has 0 aliphatic carbocycles. The van der Waals surface area contributed by atoms with Crippen molar-refractivity contribution in [2.24, 2.45) is 11.7 Å². The molecule has 1 aromatic rings. The van der Waals surface area contributed by atoms with Crippen molar-refractivity contribution >= 4 is 0 Å². The Morgan fingerprint density at radius 3 is 2.30 bits per heavy atom. The molecule has 1 aromatic carbocycles. The van der Waals surface area contributed by atoms with Crippen LogP contribution in [0.2, 0.25) is 0 Å². The molecule has 2 aliphatic heterocycles. The minimum atomic E-state index is -1.15. The summed E-state index contributed by atoms with van der Waals surface area (Å²) in [6, 6.07) is 2.35. The lowest BCUT2D eigenvalue weighted by molar-refractivity contribution is 0.259. The smallest absolute Gasteiger partial charge is 0.161 e. The van der Waals surface area contributed by atoms with Crippen molar-refractivity contribution in [3.8, 4) is 0 Å². The Balaban J connectivity index is 1.69. The number of halogens is 3. The summed E-state index contributed by atoms with van der Waals surface area (Å²) in [7, 11) is 0. The summed E-state index contributed by atoms with van der Waals surface area (Å²) >= 11 is 0. The van der Waals surface area contributed by atoms with Crippen LogP contribution in [0.25, 0.3) is 0 Å². The fourth-order valence-corrected chi connectivity index (χ4v) is 3.59. The minimum absolute atomic E-state index is 0.169. The monoisotopic (exact) mass is 284 g/mol. The number of piperidine rings is 1. The van der Waals surface area contributed by atoms with Crippen molar-refractivity contribution in [3.63, 3.8) is 0 Å². The quantitative estimate of drug-likeness (QED) is 0.837. The molecular formula is C15H19F3N2. The van der Waals surface area contributed by atoms with E-state index in [0.29, 0.717) is 24.1 Å². The van der Waals surface area contributed by atoms with E-state index in [9.17, 15) is 13.2 Å². The molecule has 2 heterocycles. The van der Waals surface area contributed by atoms with E-state index in [4.69, 9.17) is 5.73 Å². The Morgan fingerprint density at radius 1 is 1.05 bits per heavy atom. The first kappa shape index (κ1) is 13.9. The second-order valence-electron chi connectivity index (χ2n) is 6.10. The van der Waals surface area contributed by atoms with Crippen LogP contribution in [0.1, 0.15) is 31.2 Å². The zero-order chi connectivity index (χ0) is 14.3. The van der Waals surface area contributed by atoms with Crippen molar-refractivity contribution in [1.82, 2.24) is 5.32 Å². The molecule has 3 rings (SSSR count). The Bertz CT molecular complexity index is 494. The molecule has 2 aliphatic rings. The first-order chi connectivity index (χ1) is 9.52. The lowest BCUT2D eigenvalue weighted by Gasteiger charge is -2.33. The fraction of sp³-hybridized carbons (Fsp3) is 0.600. The molecule has 5 heteroatoms. The molecule has 2 fully saturated rings. The maximum absolute atomic E-state index is 13.6. The van der Waals surface area contributed by atoms with Gasteiger partial charge < -0.3 is 11.1 Å². The van der Waals surface area contributed by atoms with Gasteiger partial charge in [-0.15, -0.1) is 0 Å². The van der Waals surface area contributed by atoms with Crippen LogP contribution in [0.5, 0.6) is 0 Å². The Morgan fingerprint density at radius 2 is 1.65 bits per heavy atom. The lowest BCUT2D eigenvalue weighted by atomic mass is 9.84. The number of benzene rings is 1. The van der Waals surface area contributed by atoms with Crippen LogP contribution < -0.4 is 11.1 Å². The van der Waals surface area contributed by atoms with Crippen LogP contribution in [-0.2, 0) is 6.42 Å². The number of fused-ring (bicyclic) bond motifs is 2. The zero-order valence-corrected chi connectivity index (χ0v) is 11.2. The van der Waals surface area contributed by atoms with Crippen LogP contribution >= 0.6 is 0 Å². The topological polar surface area (TPSA) is 38.0 Å².